The van der Waals surface area contributed by atoms with Gasteiger partial charge >= 0.3 is 0 Å². The highest BCUT2D eigenvalue weighted by molar-refractivity contribution is 8.03. The van der Waals surface area contributed by atoms with E-state index in [1.807, 2.05) is 19.9 Å². The predicted octanol–water partition coefficient (Wildman–Crippen LogP) is 3.55. The average molecular weight is 220 g/mol. The number of allylic oxidation sites excluding steroid dienone is 2. The third-order valence-corrected chi connectivity index (χ3v) is 3.30. The molecule has 78 valence electrons. The first-order valence-electron chi connectivity index (χ1n) is 4.74. The lowest BCUT2D eigenvalue weighted by Gasteiger charge is -2.01. The number of aromatic nitrogens is 2. The van der Waals surface area contributed by atoms with Gasteiger partial charge in [0.05, 0.1) is 11.1 Å². The number of rotatable bonds is 2. The highest BCUT2D eigenvalue weighted by Gasteiger charge is 2.10. The molecule has 0 spiro atoms. The molecule has 0 radical (unpaired) electrons. The van der Waals surface area contributed by atoms with Crippen LogP contribution in [0.15, 0.2) is 32.7 Å². The van der Waals surface area contributed by atoms with Crippen molar-refractivity contribution in [2.45, 2.75) is 25.7 Å². The summed E-state index contributed by atoms with van der Waals surface area (Å²) >= 11 is 1.71. The molecular weight excluding hydrogens is 208 g/mol. The van der Waals surface area contributed by atoms with Gasteiger partial charge in [-0.3, -0.25) is 0 Å². The summed E-state index contributed by atoms with van der Waals surface area (Å²) in [6, 6.07) is 1.99. The first-order valence-corrected chi connectivity index (χ1v) is 5.55. The molecule has 4 heteroatoms. The van der Waals surface area contributed by atoms with Crippen molar-refractivity contribution in [3.8, 4) is 0 Å². The summed E-state index contributed by atoms with van der Waals surface area (Å²) in [5.74, 6) is 0. The molecule has 2 rings (SSSR count). The van der Waals surface area contributed by atoms with Crippen LogP contribution in [-0.4, -0.2) is 10.1 Å². The minimum Gasteiger partial charge on any atom is -0.336 e. The van der Waals surface area contributed by atoms with Crippen LogP contribution in [0.2, 0.25) is 0 Å². The lowest BCUT2D eigenvalue weighted by molar-refractivity contribution is 0.443. The second-order valence-electron chi connectivity index (χ2n) is 3.26. The summed E-state index contributed by atoms with van der Waals surface area (Å²) in [5.41, 5.74) is 1.51. The maximum Gasteiger partial charge on any atom is 0.259 e. The smallest absolute Gasteiger partial charge is 0.259 e. The molecule has 0 fully saturated rings. The SMILES string of the molecule is C/C=C(\C)Sc1ccnc2onc(C)c12. The van der Waals surface area contributed by atoms with Crippen LogP contribution in [0, 0.1) is 6.92 Å². The Kier molecular flexibility index (Phi) is 2.77. The second kappa shape index (κ2) is 4.06. The molecule has 0 unspecified atom stereocenters. The maximum atomic E-state index is 5.11. The lowest BCUT2D eigenvalue weighted by atomic mass is 10.3. The van der Waals surface area contributed by atoms with E-state index in [0.717, 1.165) is 16.0 Å². The highest BCUT2D eigenvalue weighted by atomic mass is 32.2. The highest BCUT2D eigenvalue weighted by Crippen LogP contribution is 2.33. The van der Waals surface area contributed by atoms with Gasteiger partial charge in [-0.15, -0.1) is 0 Å². The van der Waals surface area contributed by atoms with Gasteiger partial charge in [-0.2, -0.15) is 0 Å². The van der Waals surface area contributed by atoms with Crippen molar-refractivity contribution in [1.29, 1.82) is 0 Å². The van der Waals surface area contributed by atoms with Crippen LogP contribution in [0.3, 0.4) is 0 Å². The fourth-order valence-corrected chi connectivity index (χ4v) is 2.23. The quantitative estimate of drug-likeness (QED) is 0.725. The van der Waals surface area contributed by atoms with E-state index in [1.54, 1.807) is 18.0 Å². The fraction of sp³-hybridized carbons (Fsp3) is 0.273. The van der Waals surface area contributed by atoms with Gasteiger partial charge in [-0.1, -0.05) is 23.0 Å². The summed E-state index contributed by atoms with van der Waals surface area (Å²) in [5, 5.41) is 4.94. The molecule has 0 N–H and O–H groups in total. The zero-order chi connectivity index (χ0) is 10.8. The van der Waals surface area contributed by atoms with Crippen LogP contribution in [-0.2, 0) is 0 Å². The van der Waals surface area contributed by atoms with E-state index in [0.29, 0.717) is 5.71 Å². The van der Waals surface area contributed by atoms with Gasteiger partial charge in [0.15, 0.2) is 0 Å². The average Bonchev–Trinajstić information content (AvgIpc) is 2.61. The van der Waals surface area contributed by atoms with Gasteiger partial charge in [-0.05, 0) is 31.7 Å². The van der Waals surface area contributed by atoms with Gasteiger partial charge in [0.25, 0.3) is 5.71 Å². The van der Waals surface area contributed by atoms with Crippen LogP contribution in [0.25, 0.3) is 11.1 Å². The van der Waals surface area contributed by atoms with Gasteiger partial charge in [0.2, 0.25) is 0 Å². The van der Waals surface area contributed by atoms with E-state index < -0.39 is 0 Å². The number of aryl methyl sites for hydroxylation is 1. The molecule has 0 aromatic carbocycles. The first kappa shape index (κ1) is 10.2. The standard InChI is InChI=1S/C11H12N2OS/c1-4-7(2)15-9-5-6-12-11-10(9)8(3)13-14-11/h4-6H,1-3H3/b7-4+. The van der Waals surface area contributed by atoms with Gasteiger partial charge in [0, 0.05) is 11.1 Å². The van der Waals surface area contributed by atoms with Crippen molar-refractivity contribution in [2.24, 2.45) is 0 Å². The molecule has 2 aromatic rings. The molecule has 2 aromatic heterocycles. The monoisotopic (exact) mass is 220 g/mol. The summed E-state index contributed by atoms with van der Waals surface area (Å²) in [7, 11) is 0. The first-order chi connectivity index (χ1) is 7.22. The molecule has 3 nitrogen and oxygen atoms in total. The van der Waals surface area contributed by atoms with Crippen molar-refractivity contribution in [3.05, 3.63) is 28.9 Å². The number of hydrogen-bond donors (Lipinski definition) is 0. The third kappa shape index (κ3) is 1.90. The summed E-state index contributed by atoms with van der Waals surface area (Å²) in [6.07, 6.45) is 3.83. The van der Waals surface area contributed by atoms with Crippen molar-refractivity contribution in [1.82, 2.24) is 10.1 Å². The number of thioether (sulfide) groups is 1. The molecule has 2 heterocycles. The van der Waals surface area contributed by atoms with Crippen LogP contribution < -0.4 is 0 Å². The summed E-state index contributed by atoms with van der Waals surface area (Å²) in [6.45, 7) is 6.05. The van der Waals surface area contributed by atoms with E-state index in [9.17, 15) is 0 Å². The maximum absolute atomic E-state index is 5.11. The Hall–Kier alpha value is -1.29. The predicted molar refractivity (Wildman–Crippen MR) is 61.8 cm³/mol. The molecule has 0 bridgehead atoms. The van der Waals surface area contributed by atoms with Crippen LogP contribution in [0.4, 0.5) is 0 Å². The van der Waals surface area contributed by atoms with E-state index in [-0.39, 0.29) is 0 Å². The summed E-state index contributed by atoms with van der Waals surface area (Å²) < 4.78 is 5.11. The van der Waals surface area contributed by atoms with Crippen molar-refractivity contribution in [3.63, 3.8) is 0 Å². The van der Waals surface area contributed by atoms with E-state index >= 15 is 0 Å². The molecule has 0 aliphatic carbocycles. The molecule has 0 saturated heterocycles. The Labute approximate surface area is 92.6 Å². The number of hydrogen-bond acceptors (Lipinski definition) is 4. The molecule has 0 aliphatic heterocycles. The Morgan fingerprint density at radius 2 is 2.33 bits per heavy atom. The van der Waals surface area contributed by atoms with E-state index in [4.69, 9.17) is 4.52 Å². The van der Waals surface area contributed by atoms with Crippen molar-refractivity contribution in [2.75, 3.05) is 0 Å². The minimum absolute atomic E-state index is 0.612. The zero-order valence-corrected chi connectivity index (χ0v) is 9.76. The largest absolute Gasteiger partial charge is 0.336 e. The number of fused-ring (bicyclic) bond motifs is 1. The number of pyridine rings is 1. The Bertz CT molecular complexity index is 516. The Morgan fingerprint density at radius 1 is 1.53 bits per heavy atom. The molecule has 15 heavy (non-hydrogen) atoms. The second-order valence-corrected chi connectivity index (χ2v) is 4.55. The van der Waals surface area contributed by atoms with Crippen molar-refractivity contribution >= 4 is 22.9 Å². The van der Waals surface area contributed by atoms with E-state index in [1.165, 1.54) is 4.91 Å². The van der Waals surface area contributed by atoms with E-state index in [2.05, 4.69) is 23.1 Å². The number of nitrogens with zero attached hydrogens (tertiary/aromatic N) is 2. The normalized spacial score (nSPS) is 12.3. The fourth-order valence-electron chi connectivity index (χ4n) is 1.30. The van der Waals surface area contributed by atoms with Gasteiger partial charge < -0.3 is 4.52 Å². The van der Waals surface area contributed by atoms with Crippen LogP contribution in [0.5, 0.6) is 0 Å². The molecule has 0 saturated carbocycles. The Morgan fingerprint density at radius 3 is 3.07 bits per heavy atom. The van der Waals surface area contributed by atoms with Crippen LogP contribution in [0.1, 0.15) is 19.5 Å². The van der Waals surface area contributed by atoms with Gasteiger partial charge in [-0.25, -0.2) is 4.98 Å². The lowest BCUT2D eigenvalue weighted by Crippen LogP contribution is -1.79. The molecule has 0 atom stereocenters. The molecular formula is C11H12N2OS. The molecule has 0 amide bonds. The van der Waals surface area contributed by atoms with Crippen molar-refractivity contribution < 1.29 is 4.52 Å². The minimum atomic E-state index is 0.612. The molecule has 0 aliphatic rings. The zero-order valence-electron chi connectivity index (χ0n) is 8.94. The van der Waals surface area contributed by atoms with Crippen LogP contribution >= 0.6 is 11.8 Å². The summed E-state index contributed by atoms with van der Waals surface area (Å²) in [4.78, 5) is 6.53. The third-order valence-electron chi connectivity index (χ3n) is 2.19. The Balaban J connectivity index is 2.55. The topological polar surface area (TPSA) is 38.9 Å². The van der Waals surface area contributed by atoms with Gasteiger partial charge in [0.1, 0.15) is 0 Å².